The van der Waals surface area contributed by atoms with Crippen molar-refractivity contribution < 1.29 is 0 Å². The van der Waals surface area contributed by atoms with E-state index < -0.39 is 0 Å². The van der Waals surface area contributed by atoms with Crippen LogP contribution < -0.4 is 5.32 Å². The fourth-order valence-corrected chi connectivity index (χ4v) is 4.39. The van der Waals surface area contributed by atoms with Crippen molar-refractivity contribution in [1.82, 2.24) is 10.2 Å². The summed E-state index contributed by atoms with van der Waals surface area (Å²) in [4.78, 5) is 2.86. The van der Waals surface area contributed by atoms with Crippen LogP contribution in [0.2, 0.25) is 0 Å². The van der Waals surface area contributed by atoms with Crippen LogP contribution in [0.1, 0.15) is 83.5 Å². The van der Waals surface area contributed by atoms with Gasteiger partial charge in [-0.15, -0.1) is 0 Å². The van der Waals surface area contributed by atoms with Crippen molar-refractivity contribution in [3.8, 4) is 0 Å². The molecule has 2 heteroatoms. The van der Waals surface area contributed by atoms with E-state index in [4.69, 9.17) is 0 Å². The van der Waals surface area contributed by atoms with E-state index in [1.165, 1.54) is 103 Å². The maximum absolute atomic E-state index is 3.39. The fraction of sp³-hybridized carbons (Fsp3) is 1.00. The van der Waals surface area contributed by atoms with E-state index >= 15 is 0 Å². The van der Waals surface area contributed by atoms with Gasteiger partial charge in [0.15, 0.2) is 0 Å². The zero-order valence-corrected chi connectivity index (χ0v) is 14.4. The highest BCUT2D eigenvalue weighted by Crippen LogP contribution is 2.25. The number of nitrogens with one attached hydrogen (secondary N) is 1. The normalized spacial score (nSPS) is 28.7. The summed E-state index contributed by atoms with van der Waals surface area (Å²) in [6, 6.07) is 0.893. The lowest BCUT2D eigenvalue weighted by Gasteiger charge is -2.39. The fourth-order valence-electron chi connectivity index (χ4n) is 4.39. The highest BCUT2D eigenvalue weighted by molar-refractivity contribution is 4.80. The summed E-state index contributed by atoms with van der Waals surface area (Å²) < 4.78 is 0. The molecule has 0 spiro atoms. The monoisotopic (exact) mass is 294 g/mol. The molecule has 1 unspecified atom stereocenters. The highest BCUT2D eigenvalue weighted by atomic mass is 15.2. The zero-order chi connectivity index (χ0) is 14.8. The van der Waals surface area contributed by atoms with Gasteiger partial charge in [-0.3, -0.25) is 0 Å². The van der Waals surface area contributed by atoms with E-state index in [2.05, 4.69) is 17.3 Å². The van der Waals surface area contributed by atoms with Gasteiger partial charge in [0.2, 0.25) is 0 Å². The number of likely N-dealkylation sites (tertiary alicyclic amines) is 1. The Labute approximate surface area is 133 Å². The Hall–Kier alpha value is -0.0800. The molecule has 0 radical (unpaired) electrons. The molecule has 1 N–H and O–H groups in total. The second-order valence-corrected chi connectivity index (χ2v) is 7.47. The molecule has 2 aliphatic rings. The van der Waals surface area contributed by atoms with Crippen molar-refractivity contribution in [2.24, 2.45) is 5.92 Å². The average molecular weight is 295 g/mol. The summed E-state index contributed by atoms with van der Waals surface area (Å²) in [5.41, 5.74) is 0. The minimum absolute atomic E-state index is 0.893. The van der Waals surface area contributed by atoms with Gasteiger partial charge >= 0.3 is 0 Å². The van der Waals surface area contributed by atoms with Gasteiger partial charge in [-0.2, -0.15) is 0 Å². The molecule has 2 rings (SSSR count). The first-order valence-electron chi connectivity index (χ1n) is 9.79. The summed E-state index contributed by atoms with van der Waals surface area (Å²) >= 11 is 0. The molecule has 1 atom stereocenters. The molecule has 1 heterocycles. The molecular weight excluding hydrogens is 256 g/mol. The molecule has 1 saturated carbocycles. The van der Waals surface area contributed by atoms with E-state index in [9.17, 15) is 0 Å². The molecule has 0 bridgehead atoms. The van der Waals surface area contributed by atoms with E-state index in [1.54, 1.807) is 0 Å². The molecule has 0 aromatic heterocycles. The molecule has 0 amide bonds. The Morgan fingerprint density at radius 1 is 0.762 bits per heavy atom. The maximum Gasteiger partial charge on any atom is 0.00953 e. The van der Waals surface area contributed by atoms with Gasteiger partial charge in [0.05, 0.1) is 0 Å². The Morgan fingerprint density at radius 3 is 1.90 bits per heavy atom. The summed E-state index contributed by atoms with van der Waals surface area (Å²) in [5, 5.41) is 3.39. The molecule has 124 valence electrons. The van der Waals surface area contributed by atoms with Crippen LogP contribution in [0, 0.1) is 5.92 Å². The summed E-state index contributed by atoms with van der Waals surface area (Å²) in [7, 11) is 2.11. The molecule has 1 aliphatic carbocycles. The molecular formula is C19H38N2. The summed E-state index contributed by atoms with van der Waals surface area (Å²) in [6.07, 6.45) is 19.1. The van der Waals surface area contributed by atoms with Crippen molar-refractivity contribution >= 4 is 0 Å². The molecule has 0 aromatic rings. The average Bonchev–Trinajstić information content (AvgIpc) is 2.48. The van der Waals surface area contributed by atoms with Crippen molar-refractivity contribution in [2.75, 3.05) is 26.7 Å². The molecule has 21 heavy (non-hydrogen) atoms. The first kappa shape index (κ1) is 17.3. The topological polar surface area (TPSA) is 15.3 Å². The van der Waals surface area contributed by atoms with Gasteiger partial charge in [-0.1, -0.05) is 57.8 Å². The van der Waals surface area contributed by atoms with Gasteiger partial charge in [0.1, 0.15) is 0 Å². The van der Waals surface area contributed by atoms with Gasteiger partial charge in [-0.05, 0) is 51.7 Å². The third kappa shape index (κ3) is 6.69. The van der Waals surface area contributed by atoms with Crippen LogP contribution in [0.25, 0.3) is 0 Å². The minimum atomic E-state index is 0.893. The van der Waals surface area contributed by atoms with Crippen LogP contribution in [0.5, 0.6) is 0 Å². The van der Waals surface area contributed by atoms with E-state index in [-0.39, 0.29) is 0 Å². The van der Waals surface area contributed by atoms with Crippen molar-refractivity contribution in [3.05, 3.63) is 0 Å². The Morgan fingerprint density at radius 2 is 1.33 bits per heavy atom. The lowest BCUT2D eigenvalue weighted by molar-refractivity contribution is 0.107. The quantitative estimate of drug-likeness (QED) is 0.819. The zero-order valence-electron chi connectivity index (χ0n) is 14.4. The predicted octanol–water partition coefficient (Wildman–Crippen LogP) is 4.59. The number of nitrogens with zero attached hydrogens (tertiary/aromatic N) is 1. The Kier molecular flexibility index (Phi) is 8.73. The van der Waals surface area contributed by atoms with Crippen molar-refractivity contribution in [3.63, 3.8) is 0 Å². The van der Waals surface area contributed by atoms with Gasteiger partial charge in [0, 0.05) is 12.6 Å². The van der Waals surface area contributed by atoms with Crippen LogP contribution in [0.4, 0.5) is 0 Å². The van der Waals surface area contributed by atoms with E-state index in [1.807, 2.05) is 0 Å². The smallest absolute Gasteiger partial charge is 0.00953 e. The minimum Gasteiger partial charge on any atom is -0.319 e. The number of hydrogen-bond donors (Lipinski definition) is 1. The third-order valence-corrected chi connectivity index (χ3v) is 5.63. The van der Waals surface area contributed by atoms with Crippen LogP contribution in [-0.4, -0.2) is 37.6 Å². The first-order valence-corrected chi connectivity index (χ1v) is 9.79. The standard InChI is InChI=1S/C19H38N2/c1-20-16-18-12-11-15-21(17-18)19-13-9-7-5-3-2-4-6-8-10-14-19/h18-20H,2-17H2,1H3. The van der Waals surface area contributed by atoms with Crippen LogP contribution in [-0.2, 0) is 0 Å². The van der Waals surface area contributed by atoms with Gasteiger partial charge in [0.25, 0.3) is 0 Å². The number of rotatable bonds is 3. The van der Waals surface area contributed by atoms with E-state index in [0.717, 1.165) is 12.0 Å². The third-order valence-electron chi connectivity index (χ3n) is 5.63. The van der Waals surface area contributed by atoms with Crippen LogP contribution >= 0.6 is 0 Å². The van der Waals surface area contributed by atoms with Crippen LogP contribution in [0.15, 0.2) is 0 Å². The van der Waals surface area contributed by atoms with Crippen molar-refractivity contribution in [1.29, 1.82) is 0 Å². The van der Waals surface area contributed by atoms with E-state index in [0.29, 0.717) is 0 Å². The predicted molar refractivity (Wildman–Crippen MR) is 92.8 cm³/mol. The highest BCUT2D eigenvalue weighted by Gasteiger charge is 2.25. The number of piperidine rings is 1. The first-order chi connectivity index (χ1) is 10.4. The lowest BCUT2D eigenvalue weighted by atomic mass is 9.92. The molecule has 1 aliphatic heterocycles. The molecule has 2 nitrogen and oxygen atoms in total. The number of hydrogen-bond acceptors (Lipinski definition) is 2. The second-order valence-electron chi connectivity index (χ2n) is 7.47. The largest absolute Gasteiger partial charge is 0.319 e. The Balaban J connectivity index is 1.81. The molecule has 2 fully saturated rings. The molecule has 1 saturated heterocycles. The van der Waals surface area contributed by atoms with Gasteiger partial charge in [-0.25, -0.2) is 0 Å². The van der Waals surface area contributed by atoms with Crippen LogP contribution in [0.3, 0.4) is 0 Å². The van der Waals surface area contributed by atoms with Gasteiger partial charge < -0.3 is 10.2 Å². The molecule has 0 aromatic carbocycles. The Bertz CT molecular complexity index is 240. The SMILES string of the molecule is CNCC1CCCN(C2CCCCCCCCCCC2)C1. The van der Waals surface area contributed by atoms with Crippen molar-refractivity contribution in [2.45, 2.75) is 89.5 Å². The lowest BCUT2D eigenvalue weighted by Crippen LogP contribution is -2.44. The summed E-state index contributed by atoms with van der Waals surface area (Å²) in [6.45, 7) is 3.93. The maximum atomic E-state index is 3.39. The second kappa shape index (κ2) is 10.6. The summed E-state index contributed by atoms with van der Waals surface area (Å²) in [5.74, 6) is 0.894.